The van der Waals surface area contributed by atoms with E-state index in [0.29, 0.717) is 23.6 Å². The molecule has 0 spiro atoms. The third-order valence-corrected chi connectivity index (χ3v) is 8.47. The number of nitrogens with zero attached hydrogens (tertiary/aromatic N) is 2. The van der Waals surface area contributed by atoms with E-state index in [1.807, 2.05) is 13.8 Å². The van der Waals surface area contributed by atoms with Crippen molar-refractivity contribution >= 4 is 21.4 Å². The Morgan fingerprint density at radius 3 is 2.61 bits per heavy atom. The number of hydrogen-bond acceptors (Lipinski definition) is 4. The summed E-state index contributed by atoms with van der Waals surface area (Å²) in [6.45, 7) is 5.64. The second-order valence-corrected chi connectivity index (χ2v) is 10.8. The largest absolute Gasteiger partial charge is 0.323 e. The molecule has 0 unspecified atom stereocenters. The molecule has 4 atom stereocenters. The first-order valence-electron chi connectivity index (χ1n) is 10.6. The molecule has 2 saturated carbocycles. The standard InChI is InChI=1S/C22H27F2N3O3S/c1-12-13(2)27(14(3)18-9-15-4-5-16(18)8-15)22(25-12)31(29,30)11-21(28)26-20-7-6-17(23)10-19(20)24/h6-7,10,14-16,18H,4-5,8-9,11H2,1-3H3,(H,26,28)/t14-,15+,16+,18-/m1/s1. The van der Waals surface area contributed by atoms with Crippen LogP contribution in [0, 0.1) is 43.2 Å². The van der Waals surface area contributed by atoms with Crippen LogP contribution < -0.4 is 5.32 Å². The first-order valence-corrected chi connectivity index (χ1v) is 12.2. The topological polar surface area (TPSA) is 81.1 Å². The number of halogens is 2. The number of fused-ring (bicyclic) bond motifs is 2. The molecule has 2 aromatic rings. The van der Waals surface area contributed by atoms with Crippen molar-refractivity contribution < 1.29 is 22.0 Å². The molecule has 4 rings (SSSR count). The molecule has 168 valence electrons. The normalized spacial score (nSPS) is 23.8. The molecule has 1 aromatic carbocycles. The highest BCUT2D eigenvalue weighted by Gasteiger charge is 2.43. The van der Waals surface area contributed by atoms with Crippen LogP contribution in [-0.2, 0) is 14.6 Å². The lowest BCUT2D eigenvalue weighted by molar-refractivity contribution is -0.113. The van der Waals surface area contributed by atoms with Gasteiger partial charge in [0.05, 0.1) is 11.4 Å². The van der Waals surface area contributed by atoms with E-state index in [4.69, 9.17) is 0 Å². The number of aromatic nitrogens is 2. The van der Waals surface area contributed by atoms with E-state index in [2.05, 4.69) is 10.3 Å². The molecule has 0 aliphatic heterocycles. The molecule has 6 nitrogen and oxygen atoms in total. The zero-order chi connectivity index (χ0) is 22.5. The van der Waals surface area contributed by atoms with Crippen LogP contribution in [0.25, 0.3) is 0 Å². The number of nitrogens with one attached hydrogen (secondary N) is 1. The van der Waals surface area contributed by atoms with Crippen molar-refractivity contribution in [3.63, 3.8) is 0 Å². The number of imidazole rings is 1. The van der Waals surface area contributed by atoms with Crippen molar-refractivity contribution in [2.45, 2.75) is 57.7 Å². The second kappa shape index (κ2) is 8.00. The highest BCUT2D eigenvalue weighted by atomic mass is 32.2. The minimum Gasteiger partial charge on any atom is -0.323 e. The molecule has 31 heavy (non-hydrogen) atoms. The molecular formula is C22H27F2N3O3S. The van der Waals surface area contributed by atoms with Crippen molar-refractivity contribution in [1.82, 2.24) is 9.55 Å². The highest BCUT2D eigenvalue weighted by molar-refractivity contribution is 7.92. The van der Waals surface area contributed by atoms with Gasteiger partial charge in [-0.2, -0.15) is 0 Å². The third-order valence-electron chi connectivity index (χ3n) is 6.98. The molecule has 2 bridgehead atoms. The number of benzene rings is 1. The average Bonchev–Trinajstić information content (AvgIpc) is 3.39. The Kier molecular flexibility index (Phi) is 5.66. The van der Waals surface area contributed by atoms with Gasteiger partial charge in [-0.1, -0.05) is 6.42 Å². The monoisotopic (exact) mass is 451 g/mol. The molecule has 1 aromatic heterocycles. The lowest BCUT2D eigenvalue weighted by Gasteiger charge is -2.30. The van der Waals surface area contributed by atoms with E-state index in [-0.39, 0.29) is 16.9 Å². The average molecular weight is 452 g/mol. The Balaban J connectivity index is 1.58. The highest BCUT2D eigenvalue weighted by Crippen LogP contribution is 2.52. The molecule has 2 aliphatic carbocycles. The van der Waals surface area contributed by atoms with Crippen LogP contribution in [0.5, 0.6) is 0 Å². The van der Waals surface area contributed by atoms with Gasteiger partial charge < -0.3 is 9.88 Å². The van der Waals surface area contributed by atoms with Crippen molar-refractivity contribution in [3.05, 3.63) is 41.2 Å². The summed E-state index contributed by atoms with van der Waals surface area (Å²) in [6, 6.07) is 2.63. The molecule has 9 heteroatoms. The van der Waals surface area contributed by atoms with Gasteiger partial charge in [-0.25, -0.2) is 22.2 Å². The van der Waals surface area contributed by atoms with Crippen molar-refractivity contribution in [1.29, 1.82) is 0 Å². The number of aryl methyl sites for hydroxylation is 1. The predicted molar refractivity (Wildman–Crippen MR) is 112 cm³/mol. The summed E-state index contributed by atoms with van der Waals surface area (Å²) >= 11 is 0. The van der Waals surface area contributed by atoms with E-state index in [1.54, 1.807) is 11.5 Å². The Morgan fingerprint density at radius 2 is 2.00 bits per heavy atom. The first kappa shape index (κ1) is 21.9. The third kappa shape index (κ3) is 4.12. The molecule has 2 fully saturated rings. The number of carbonyl (C=O) groups is 1. The quantitative estimate of drug-likeness (QED) is 0.714. The maximum absolute atomic E-state index is 13.8. The van der Waals surface area contributed by atoms with E-state index in [1.165, 1.54) is 19.3 Å². The fourth-order valence-electron chi connectivity index (χ4n) is 5.39. The molecule has 1 amide bonds. The van der Waals surface area contributed by atoms with Gasteiger partial charge in [0.1, 0.15) is 17.4 Å². The zero-order valence-corrected chi connectivity index (χ0v) is 18.7. The maximum atomic E-state index is 13.8. The van der Waals surface area contributed by atoms with Gasteiger partial charge in [0.15, 0.2) is 0 Å². The summed E-state index contributed by atoms with van der Waals surface area (Å²) in [6.07, 6.45) is 4.73. The van der Waals surface area contributed by atoms with Crippen LogP contribution in [-0.4, -0.2) is 29.6 Å². The Labute approximate surface area is 181 Å². The van der Waals surface area contributed by atoms with Crippen LogP contribution >= 0.6 is 0 Å². The Hall–Kier alpha value is -2.29. The van der Waals surface area contributed by atoms with Crippen LogP contribution in [0.2, 0.25) is 0 Å². The molecule has 1 N–H and O–H groups in total. The Morgan fingerprint density at radius 1 is 1.26 bits per heavy atom. The number of sulfone groups is 1. The summed E-state index contributed by atoms with van der Waals surface area (Å²) in [5.41, 5.74) is 1.12. The van der Waals surface area contributed by atoms with Gasteiger partial charge in [-0.15, -0.1) is 0 Å². The summed E-state index contributed by atoms with van der Waals surface area (Å²) in [5, 5.41) is 2.10. The summed E-state index contributed by atoms with van der Waals surface area (Å²) < 4.78 is 54.9. The SMILES string of the molecule is Cc1nc(S(=O)(=O)CC(=O)Nc2ccc(F)cc2F)n([C@H](C)[C@H]2C[C@H]3CC[C@H]2C3)c1C. The molecule has 0 radical (unpaired) electrons. The molecule has 2 aliphatic rings. The maximum Gasteiger partial charge on any atom is 0.240 e. The van der Waals surface area contributed by atoms with Crippen LogP contribution in [0.15, 0.2) is 23.4 Å². The zero-order valence-electron chi connectivity index (χ0n) is 17.9. The minimum absolute atomic E-state index is 0.0427. The lowest BCUT2D eigenvalue weighted by atomic mass is 9.84. The van der Waals surface area contributed by atoms with Crippen molar-refractivity contribution in [3.8, 4) is 0 Å². The second-order valence-electron chi connectivity index (χ2n) is 8.95. The number of anilines is 1. The fraction of sp³-hybridized carbons (Fsp3) is 0.545. The first-order chi connectivity index (χ1) is 14.6. The van der Waals surface area contributed by atoms with Crippen LogP contribution in [0.3, 0.4) is 0 Å². The van der Waals surface area contributed by atoms with Gasteiger partial charge in [-0.05, 0) is 69.9 Å². The van der Waals surface area contributed by atoms with Crippen molar-refractivity contribution in [2.75, 3.05) is 11.1 Å². The van der Waals surface area contributed by atoms with Crippen LogP contribution in [0.1, 0.15) is 50.0 Å². The number of amides is 1. The summed E-state index contributed by atoms with van der Waals surface area (Å²) in [5.74, 6) is -1.82. The molecule has 0 saturated heterocycles. The van der Waals surface area contributed by atoms with E-state index in [9.17, 15) is 22.0 Å². The van der Waals surface area contributed by atoms with Crippen LogP contribution in [0.4, 0.5) is 14.5 Å². The number of rotatable bonds is 6. The van der Waals surface area contributed by atoms with Crippen molar-refractivity contribution in [2.24, 2.45) is 17.8 Å². The van der Waals surface area contributed by atoms with E-state index < -0.39 is 33.1 Å². The Bertz CT molecular complexity index is 1130. The predicted octanol–water partition coefficient (Wildman–Crippen LogP) is 4.19. The smallest absolute Gasteiger partial charge is 0.240 e. The van der Waals surface area contributed by atoms with Gasteiger partial charge in [0.25, 0.3) is 0 Å². The lowest BCUT2D eigenvalue weighted by Crippen LogP contribution is -2.29. The van der Waals surface area contributed by atoms with Gasteiger partial charge in [0.2, 0.25) is 20.9 Å². The fourth-order valence-corrected chi connectivity index (χ4v) is 6.81. The molecule has 1 heterocycles. The van der Waals surface area contributed by atoms with E-state index in [0.717, 1.165) is 30.2 Å². The van der Waals surface area contributed by atoms with Gasteiger partial charge in [0, 0.05) is 17.8 Å². The minimum atomic E-state index is -4.08. The van der Waals surface area contributed by atoms with Gasteiger partial charge in [-0.3, -0.25) is 4.79 Å². The number of hydrogen-bond donors (Lipinski definition) is 1. The number of carbonyl (C=O) groups excluding carboxylic acids is 1. The summed E-state index contributed by atoms with van der Waals surface area (Å²) in [7, 11) is -4.08. The van der Waals surface area contributed by atoms with E-state index >= 15 is 0 Å². The van der Waals surface area contributed by atoms with Gasteiger partial charge >= 0.3 is 0 Å². The summed E-state index contributed by atoms with van der Waals surface area (Å²) in [4.78, 5) is 16.7. The molecular weight excluding hydrogens is 424 g/mol.